The summed E-state index contributed by atoms with van der Waals surface area (Å²) in [5.41, 5.74) is 0. The Labute approximate surface area is 455 Å². The summed E-state index contributed by atoms with van der Waals surface area (Å²) in [6.45, 7) is 4.16. The first-order chi connectivity index (χ1) is 36.0. The first kappa shape index (κ1) is 70.9. The van der Waals surface area contributed by atoms with Crippen molar-refractivity contribution >= 4 is 19.8 Å². The van der Waals surface area contributed by atoms with Crippen molar-refractivity contribution in [3.63, 3.8) is 0 Å². The second-order valence-corrected chi connectivity index (χ2v) is 22.4. The minimum atomic E-state index is -4.40. The smallest absolute Gasteiger partial charge is 0.462 e. The van der Waals surface area contributed by atoms with Gasteiger partial charge in [-0.05, 0) is 89.9 Å². The fraction of sp³-hybridized carbons (Fsp3) is 0.719. The quantitative estimate of drug-likeness (QED) is 0.0211. The maximum Gasteiger partial charge on any atom is 0.472 e. The number of likely N-dealkylation sites (N-methyl/N-ethyl adjacent to an activating group) is 1. The molecule has 0 amide bonds. The largest absolute Gasteiger partial charge is 0.472 e. The Bertz CT molecular complexity index is 1570. The molecular formula is C64H113NO8P+. The number of quaternary nitrogens is 1. The van der Waals surface area contributed by atoms with Crippen molar-refractivity contribution in [2.24, 2.45) is 0 Å². The van der Waals surface area contributed by atoms with Crippen molar-refractivity contribution in [3.8, 4) is 0 Å². The normalized spacial score (nSPS) is 14.0. The Morgan fingerprint density at radius 1 is 0.419 bits per heavy atom. The first-order valence-electron chi connectivity index (χ1n) is 30.0. The molecule has 0 aromatic rings. The van der Waals surface area contributed by atoms with Gasteiger partial charge in [-0.25, -0.2) is 4.57 Å². The summed E-state index contributed by atoms with van der Waals surface area (Å²) in [6, 6.07) is 0. The summed E-state index contributed by atoms with van der Waals surface area (Å²) in [5.74, 6) is -0.844. The van der Waals surface area contributed by atoms with E-state index >= 15 is 0 Å². The Kier molecular flexibility index (Phi) is 52.4. The van der Waals surface area contributed by atoms with Crippen molar-refractivity contribution in [1.82, 2.24) is 0 Å². The summed E-state index contributed by atoms with van der Waals surface area (Å²) >= 11 is 0. The number of carbonyl (C=O) groups excluding carboxylic acids is 2. The van der Waals surface area contributed by atoms with Crippen molar-refractivity contribution in [3.05, 3.63) is 97.2 Å². The van der Waals surface area contributed by atoms with Crippen LogP contribution in [0.15, 0.2) is 97.2 Å². The predicted octanol–water partition coefficient (Wildman–Crippen LogP) is 18.8. The highest BCUT2D eigenvalue weighted by molar-refractivity contribution is 7.47. The van der Waals surface area contributed by atoms with Crippen LogP contribution in [0.2, 0.25) is 0 Å². The molecule has 0 aliphatic rings. The first-order valence-corrected chi connectivity index (χ1v) is 31.5. The Balaban J connectivity index is 4.02. The third-order valence-corrected chi connectivity index (χ3v) is 13.6. The van der Waals surface area contributed by atoms with Gasteiger partial charge in [-0.1, -0.05) is 239 Å². The van der Waals surface area contributed by atoms with Crippen molar-refractivity contribution < 1.29 is 42.1 Å². The number of hydrogen-bond donors (Lipinski definition) is 1. The summed E-state index contributed by atoms with van der Waals surface area (Å²) in [4.78, 5) is 35.6. The predicted molar refractivity (Wildman–Crippen MR) is 316 cm³/mol. The number of allylic oxidation sites excluding steroid dienone is 16. The number of phosphoric ester groups is 1. The number of unbranched alkanes of at least 4 members (excludes halogenated alkanes) is 24. The van der Waals surface area contributed by atoms with Crippen LogP contribution in [0.3, 0.4) is 0 Å². The number of nitrogens with zero attached hydrogens (tertiary/aromatic N) is 1. The van der Waals surface area contributed by atoms with E-state index in [0.29, 0.717) is 23.9 Å². The molecule has 0 bridgehead atoms. The summed E-state index contributed by atoms with van der Waals surface area (Å²) < 4.78 is 34.5. The van der Waals surface area contributed by atoms with E-state index in [2.05, 4.69) is 111 Å². The van der Waals surface area contributed by atoms with Crippen molar-refractivity contribution in [2.75, 3.05) is 47.5 Å². The third-order valence-electron chi connectivity index (χ3n) is 12.6. The molecule has 0 rings (SSSR count). The Morgan fingerprint density at radius 2 is 0.730 bits per heavy atom. The lowest BCUT2D eigenvalue weighted by Crippen LogP contribution is -2.37. The van der Waals surface area contributed by atoms with Gasteiger partial charge in [0.1, 0.15) is 19.8 Å². The minimum absolute atomic E-state index is 0.0223. The number of carbonyl (C=O) groups is 2. The van der Waals surface area contributed by atoms with E-state index in [1.165, 1.54) is 122 Å². The van der Waals surface area contributed by atoms with Gasteiger partial charge in [0.25, 0.3) is 0 Å². The van der Waals surface area contributed by atoms with Crippen LogP contribution in [-0.4, -0.2) is 74.9 Å². The van der Waals surface area contributed by atoms with Gasteiger partial charge in [0.05, 0.1) is 27.7 Å². The van der Waals surface area contributed by atoms with Gasteiger partial charge in [-0.3, -0.25) is 18.6 Å². The van der Waals surface area contributed by atoms with Crippen LogP contribution in [0.5, 0.6) is 0 Å². The maximum absolute atomic E-state index is 12.8. The van der Waals surface area contributed by atoms with Crippen molar-refractivity contribution in [1.29, 1.82) is 0 Å². The van der Waals surface area contributed by atoms with Crippen LogP contribution in [0, 0.1) is 0 Å². The lowest BCUT2D eigenvalue weighted by atomic mass is 10.0. The molecule has 74 heavy (non-hydrogen) atoms. The van der Waals surface area contributed by atoms with Crippen LogP contribution < -0.4 is 0 Å². The molecule has 0 saturated heterocycles. The topological polar surface area (TPSA) is 108 Å². The number of rotatable bonds is 54. The van der Waals surface area contributed by atoms with E-state index < -0.39 is 32.5 Å². The van der Waals surface area contributed by atoms with Crippen LogP contribution in [0.4, 0.5) is 0 Å². The van der Waals surface area contributed by atoms with Gasteiger partial charge in [-0.2, -0.15) is 0 Å². The number of ether oxygens (including phenoxy) is 2. The van der Waals surface area contributed by atoms with Gasteiger partial charge in [-0.15, -0.1) is 0 Å². The zero-order chi connectivity index (χ0) is 54.2. The molecule has 10 heteroatoms. The molecule has 0 aromatic heterocycles. The molecule has 0 saturated carbocycles. The highest BCUT2D eigenvalue weighted by Gasteiger charge is 2.27. The molecule has 9 nitrogen and oxygen atoms in total. The average molecular weight is 1060 g/mol. The molecule has 2 atom stereocenters. The van der Waals surface area contributed by atoms with E-state index in [1.807, 2.05) is 21.1 Å². The third kappa shape index (κ3) is 58.2. The van der Waals surface area contributed by atoms with Gasteiger partial charge < -0.3 is 18.9 Å². The molecule has 0 spiro atoms. The lowest BCUT2D eigenvalue weighted by molar-refractivity contribution is -0.870. The Hall–Kier alpha value is -3.07. The van der Waals surface area contributed by atoms with Gasteiger partial charge in [0.15, 0.2) is 6.10 Å². The highest BCUT2D eigenvalue weighted by atomic mass is 31.2. The van der Waals surface area contributed by atoms with Crippen LogP contribution in [0.25, 0.3) is 0 Å². The fourth-order valence-corrected chi connectivity index (χ4v) is 8.80. The number of hydrogen-bond acceptors (Lipinski definition) is 7. The molecular weight excluding hydrogens is 942 g/mol. The van der Waals surface area contributed by atoms with Gasteiger partial charge in [0.2, 0.25) is 0 Å². The average Bonchev–Trinajstić information content (AvgIpc) is 3.36. The van der Waals surface area contributed by atoms with Crippen LogP contribution >= 0.6 is 7.82 Å². The zero-order valence-corrected chi connectivity index (χ0v) is 49.2. The highest BCUT2D eigenvalue weighted by Crippen LogP contribution is 2.43. The monoisotopic (exact) mass is 1050 g/mol. The van der Waals surface area contributed by atoms with Crippen LogP contribution in [0.1, 0.15) is 245 Å². The van der Waals surface area contributed by atoms with E-state index in [4.69, 9.17) is 18.5 Å². The fourth-order valence-electron chi connectivity index (χ4n) is 8.06. The molecule has 1 N–H and O–H groups in total. The molecule has 0 aromatic carbocycles. The number of esters is 2. The summed E-state index contributed by atoms with van der Waals surface area (Å²) in [5, 5.41) is 0. The number of phosphoric acid groups is 1. The molecule has 426 valence electrons. The van der Waals surface area contributed by atoms with Crippen LogP contribution in [-0.2, 0) is 32.7 Å². The van der Waals surface area contributed by atoms with Crippen molar-refractivity contribution in [2.45, 2.75) is 251 Å². The SMILES string of the molecule is CC/C=C\C/C=C\C/C=C\C/C=C\CCCCCCCCCCCCCCCCCCCCCCCCC(=O)OC(COC(=O)CCCC/C=C\C/C=C\C/C=C\C/C=C\CC)COP(=O)(O)OCC[N+](C)(C)C. The minimum Gasteiger partial charge on any atom is -0.462 e. The second-order valence-electron chi connectivity index (χ2n) is 21.0. The zero-order valence-electron chi connectivity index (χ0n) is 48.3. The molecule has 0 radical (unpaired) electrons. The molecule has 2 unspecified atom stereocenters. The standard InChI is InChI=1S/C64H112NO8P/c1-6-8-10-12-14-16-18-20-22-23-24-25-26-27-28-29-30-31-32-33-34-35-36-37-38-39-40-41-43-45-47-49-51-53-55-57-64(67)73-62(61-72-74(68,69)71-59-58-65(3,4)5)60-70-63(66)56-54-52-50-48-46-44-42-21-19-17-15-13-11-9-7-2/h8-11,14-17,20-22,24-25,42,46,48,62H,6-7,12-13,18-19,23,26-41,43-45,47,49-61H2,1-5H3/p+1/b10-8-,11-9-,16-14-,17-15-,22-20-,25-24-,42-21-,48-46-. The molecule has 0 aliphatic carbocycles. The lowest BCUT2D eigenvalue weighted by Gasteiger charge is -2.24. The summed E-state index contributed by atoms with van der Waals surface area (Å²) in [7, 11) is 1.45. The maximum atomic E-state index is 12.8. The molecule has 0 fully saturated rings. The second kappa shape index (κ2) is 54.7. The van der Waals surface area contributed by atoms with E-state index in [0.717, 1.165) is 83.5 Å². The van der Waals surface area contributed by atoms with E-state index in [1.54, 1.807) is 0 Å². The van der Waals surface area contributed by atoms with Gasteiger partial charge >= 0.3 is 19.8 Å². The van der Waals surface area contributed by atoms with E-state index in [-0.39, 0.29) is 26.1 Å². The molecule has 0 heterocycles. The summed E-state index contributed by atoms with van der Waals surface area (Å²) in [6.07, 6.45) is 75.1. The molecule has 0 aliphatic heterocycles. The Morgan fingerprint density at radius 3 is 1.11 bits per heavy atom. The van der Waals surface area contributed by atoms with E-state index in [9.17, 15) is 19.0 Å². The van der Waals surface area contributed by atoms with Gasteiger partial charge in [0, 0.05) is 12.8 Å².